The molecule has 0 aliphatic carbocycles. The summed E-state index contributed by atoms with van der Waals surface area (Å²) in [5, 5.41) is 9.91. The van der Waals surface area contributed by atoms with E-state index in [1.807, 2.05) is 24.3 Å². The van der Waals surface area contributed by atoms with Gasteiger partial charge in [0.15, 0.2) is 0 Å². The van der Waals surface area contributed by atoms with E-state index in [0.29, 0.717) is 18.7 Å². The van der Waals surface area contributed by atoms with Gasteiger partial charge in [0.25, 0.3) is 5.91 Å². The lowest BCUT2D eigenvalue weighted by molar-refractivity contribution is -0.159. The molecular weight excluding hydrogens is 382 g/mol. The predicted octanol–water partition coefficient (Wildman–Crippen LogP) is 0.891. The van der Waals surface area contributed by atoms with Gasteiger partial charge in [-0.3, -0.25) is 14.6 Å². The summed E-state index contributed by atoms with van der Waals surface area (Å²) in [6, 6.07) is 10.7. The van der Waals surface area contributed by atoms with Gasteiger partial charge in [-0.1, -0.05) is 24.0 Å². The number of hydrogen-bond acceptors (Lipinski definition) is 5. The third kappa shape index (κ3) is 3.67. The molecular formula is C23H23N3O4. The van der Waals surface area contributed by atoms with E-state index < -0.39 is 0 Å². The van der Waals surface area contributed by atoms with Crippen molar-refractivity contribution in [1.82, 2.24) is 14.8 Å². The van der Waals surface area contributed by atoms with Crippen molar-refractivity contribution < 1.29 is 19.4 Å². The molecule has 2 amide bonds. The molecule has 154 valence electrons. The summed E-state index contributed by atoms with van der Waals surface area (Å²) in [7, 11) is 1.60. The molecule has 1 aromatic carbocycles. The predicted molar refractivity (Wildman–Crippen MR) is 110 cm³/mol. The summed E-state index contributed by atoms with van der Waals surface area (Å²) < 4.78 is 4.94. The Kier molecular flexibility index (Phi) is 5.79. The zero-order valence-electron chi connectivity index (χ0n) is 16.7. The first-order valence-electron chi connectivity index (χ1n) is 9.83. The van der Waals surface area contributed by atoms with Gasteiger partial charge in [0.1, 0.15) is 13.2 Å². The molecule has 0 spiro atoms. The summed E-state index contributed by atoms with van der Waals surface area (Å²) in [5.74, 6) is 5.60. The van der Waals surface area contributed by atoms with Crippen LogP contribution in [0.3, 0.4) is 0 Å². The van der Waals surface area contributed by atoms with E-state index in [2.05, 4.69) is 16.8 Å². The number of amides is 2. The van der Waals surface area contributed by atoms with Crippen molar-refractivity contribution in [2.75, 3.05) is 33.4 Å². The Morgan fingerprint density at radius 2 is 1.97 bits per heavy atom. The Balaban J connectivity index is 1.54. The van der Waals surface area contributed by atoms with Gasteiger partial charge in [-0.25, -0.2) is 0 Å². The lowest BCUT2D eigenvalue weighted by atomic mass is 9.73. The summed E-state index contributed by atoms with van der Waals surface area (Å²) in [4.78, 5) is 32.8. The van der Waals surface area contributed by atoms with E-state index >= 15 is 0 Å². The standard InChI is InChI=1S/C23H23N3O4/c1-30-12-2-3-16-4-6-17(7-5-16)22-19-13-25(14-21(28)26(19)20(22)15-27)23(29)18-8-10-24-11-9-18/h4-11,19-20,22,27H,12-15H2,1H3/t19-,20-,22+/m0/s1. The average Bonchev–Trinajstić information content (AvgIpc) is 2.76. The number of aliphatic hydroxyl groups is 1. The van der Waals surface area contributed by atoms with Crippen LogP contribution in [0.4, 0.5) is 0 Å². The molecule has 1 N–H and O–H groups in total. The minimum Gasteiger partial charge on any atom is -0.394 e. The van der Waals surface area contributed by atoms with Gasteiger partial charge in [-0.2, -0.15) is 0 Å². The van der Waals surface area contributed by atoms with Gasteiger partial charge in [0.05, 0.1) is 18.7 Å². The lowest BCUT2D eigenvalue weighted by Crippen LogP contribution is -2.73. The van der Waals surface area contributed by atoms with E-state index in [9.17, 15) is 14.7 Å². The molecule has 2 fully saturated rings. The van der Waals surface area contributed by atoms with Crippen molar-refractivity contribution >= 4 is 11.8 Å². The van der Waals surface area contributed by atoms with Crippen molar-refractivity contribution in [3.8, 4) is 11.8 Å². The van der Waals surface area contributed by atoms with Gasteiger partial charge in [-0.15, -0.1) is 0 Å². The van der Waals surface area contributed by atoms with Crippen LogP contribution >= 0.6 is 0 Å². The number of benzene rings is 1. The first-order chi connectivity index (χ1) is 14.6. The van der Waals surface area contributed by atoms with Gasteiger partial charge in [0, 0.05) is 43.1 Å². The number of piperazine rings is 1. The highest BCUT2D eigenvalue weighted by molar-refractivity contribution is 5.97. The van der Waals surface area contributed by atoms with Crippen LogP contribution in [0.2, 0.25) is 0 Å². The van der Waals surface area contributed by atoms with E-state index in [1.54, 1.807) is 41.4 Å². The van der Waals surface area contributed by atoms with Crippen LogP contribution in [-0.2, 0) is 9.53 Å². The van der Waals surface area contributed by atoms with Crippen LogP contribution < -0.4 is 0 Å². The number of nitrogens with zero attached hydrogens (tertiary/aromatic N) is 3. The molecule has 0 radical (unpaired) electrons. The molecule has 7 nitrogen and oxygen atoms in total. The SMILES string of the molecule is COCC#Cc1ccc([C@H]2[C@H](CO)N3C(=O)CN(C(=O)c4ccncc4)C[C@@H]23)cc1. The molecule has 3 atom stereocenters. The van der Waals surface area contributed by atoms with Crippen LogP contribution in [0.15, 0.2) is 48.8 Å². The fraction of sp³-hybridized carbons (Fsp3) is 0.348. The fourth-order valence-corrected chi connectivity index (χ4v) is 4.33. The van der Waals surface area contributed by atoms with Crippen LogP contribution in [0.5, 0.6) is 0 Å². The molecule has 1 aromatic heterocycles. The van der Waals surface area contributed by atoms with Crippen molar-refractivity contribution in [2.24, 2.45) is 0 Å². The number of pyridine rings is 1. The molecule has 0 saturated carbocycles. The molecule has 2 aliphatic heterocycles. The van der Waals surface area contributed by atoms with E-state index in [4.69, 9.17) is 4.74 Å². The highest BCUT2D eigenvalue weighted by Crippen LogP contribution is 2.43. The van der Waals surface area contributed by atoms with Gasteiger partial charge in [-0.05, 0) is 29.8 Å². The van der Waals surface area contributed by atoms with Crippen molar-refractivity contribution in [2.45, 2.75) is 18.0 Å². The molecule has 0 bridgehead atoms. The number of rotatable bonds is 4. The van der Waals surface area contributed by atoms with Gasteiger partial charge < -0.3 is 19.6 Å². The number of ether oxygens (including phenoxy) is 1. The summed E-state index contributed by atoms with van der Waals surface area (Å²) >= 11 is 0. The van der Waals surface area contributed by atoms with E-state index in [1.165, 1.54) is 0 Å². The topological polar surface area (TPSA) is 83.0 Å². The number of fused-ring (bicyclic) bond motifs is 1. The quantitative estimate of drug-likeness (QED) is 0.764. The molecule has 2 aromatic rings. The number of carbonyl (C=O) groups excluding carboxylic acids is 2. The largest absolute Gasteiger partial charge is 0.394 e. The molecule has 30 heavy (non-hydrogen) atoms. The molecule has 3 heterocycles. The van der Waals surface area contributed by atoms with Crippen molar-refractivity contribution in [3.05, 3.63) is 65.5 Å². The summed E-state index contributed by atoms with van der Waals surface area (Å²) in [5.41, 5.74) is 2.42. The highest BCUT2D eigenvalue weighted by Gasteiger charge is 2.54. The fourth-order valence-electron chi connectivity index (χ4n) is 4.33. The Bertz CT molecular complexity index is 981. The highest BCUT2D eigenvalue weighted by atomic mass is 16.5. The van der Waals surface area contributed by atoms with E-state index in [0.717, 1.165) is 11.1 Å². The second kappa shape index (κ2) is 8.66. The Morgan fingerprint density at radius 3 is 2.63 bits per heavy atom. The zero-order valence-corrected chi connectivity index (χ0v) is 16.7. The van der Waals surface area contributed by atoms with Crippen molar-refractivity contribution in [1.29, 1.82) is 0 Å². The first kappa shape index (κ1) is 20.1. The number of hydrogen-bond donors (Lipinski definition) is 1. The van der Waals surface area contributed by atoms with Gasteiger partial charge in [0.2, 0.25) is 5.91 Å². The molecule has 4 rings (SSSR count). The first-order valence-corrected chi connectivity index (χ1v) is 9.83. The third-order valence-electron chi connectivity index (χ3n) is 5.71. The monoisotopic (exact) mass is 405 g/mol. The van der Waals surface area contributed by atoms with E-state index in [-0.39, 0.29) is 43.0 Å². The Hall–Kier alpha value is -3.21. The smallest absolute Gasteiger partial charge is 0.254 e. The van der Waals surface area contributed by atoms with Crippen LogP contribution in [0.1, 0.15) is 27.4 Å². The number of aliphatic hydroxyl groups excluding tert-OH is 1. The second-order valence-corrected chi connectivity index (χ2v) is 7.42. The average molecular weight is 405 g/mol. The molecule has 7 heteroatoms. The zero-order chi connectivity index (χ0) is 21.1. The Labute approximate surface area is 175 Å². The Morgan fingerprint density at radius 1 is 1.23 bits per heavy atom. The van der Waals surface area contributed by atoms with Crippen LogP contribution in [0.25, 0.3) is 0 Å². The van der Waals surface area contributed by atoms with Crippen LogP contribution in [-0.4, -0.2) is 77.2 Å². The maximum Gasteiger partial charge on any atom is 0.254 e. The molecule has 0 unspecified atom stereocenters. The van der Waals surface area contributed by atoms with Crippen molar-refractivity contribution in [3.63, 3.8) is 0 Å². The maximum absolute atomic E-state index is 12.8. The lowest BCUT2D eigenvalue weighted by Gasteiger charge is -2.58. The summed E-state index contributed by atoms with van der Waals surface area (Å²) in [6.07, 6.45) is 3.13. The summed E-state index contributed by atoms with van der Waals surface area (Å²) in [6.45, 7) is 0.719. The molecule has 2 aliphatic rings. The normalized spacial score (nSPS) is 22.6. The number of methoxy groups -OCH3 is 1. The number of carbonyl (C=O) groups is 2. The minimum absolute atomic E-state index is 0.0227. The van der Waals surface area contributed by atoms with Crippen LogP contribution in [0, 0.1) is 11.8 Å². The third-order valence-corrected chi connectivity index (χ3v) is 5.71. The second-order valence-electron chi connectivity index (χ2n) is 7.42. The maximum atomic E-state index is 12.8. The van der Waals surface area contributed by atoms with Gasteiger partial charge >= 0.3 is 0 Å². The molecule has 2 saturated heterocycles. The minimum atomic E-state index is -0.272. The number of aromatic nitrogens is 1.